The first-order chi connectivity index (χ1) is 8.52. The van der Waals surface area contributed by atoms with Gasteiger partial charge in [0.05, 0.1) is 11.4 Å². The number of halogens is 2. The Morgan fingerprint density at radius 2 is 2.28 bits per heavy atom. The van der Waals surface area contributed by atoms with Gasteiger partial charge < -0.3 is 5.32 Å². The van der Waals surface area contributed by atoms with Crippen LogP contribution < -0.4 is 5.32 Å². The molecule has 0 saturated carbocycles. The van der Waals surface area contributed by atoms with E-state index in [0.717, 1.165) is 0 Å². The minimum Gasteiger partial charge on any atom is -0.351 e. The number of carbonyl (C=O) groups is 1. The van der Waals surface area contributed by atoms with Crippen molar-refractivity contribution in [1.29, 1.82) is 0 Å². The molecule has 0 aromatic heterocycles. The number of rotatable bonds is 5. The number of amides is 1. The topological polar surface area (TPSA) is 29.1 Å². The third-order valence-electron chi connectivity index (χ3n) is 2.13. The van der Waals surface area contributed by atoms with Crippen LogP contribution in [0.3, 0.4) is 0 Å². The van der Waals surface area contributed by atoms with Crippen molar-refractivity contribution in [2.75, 3.05) is 6.54 Å². The molecule has 94 valence electrons. The van der Waals surface area contributed by atoms with Crippen molar-refractivity contribution < 1.29 is 9.18 Å². The van der Waals surface area contributed by atoms with Crippen LogP contribution in [0.1, 0.15) is 12.0 Å². The van der Waals surface area contributed by atoms with Gasteiger partial charge in [-0.25, -0.2) is 4.39 Å². The van der Waals surface area contributed by atoms with Crippen molar-refractivity contribution in [3.8, 4) is 12.3 Å². The Bertz CT molecular complexity index is 510. The van der Waals surface area contributed by atoms with Gasteiger partial charge in [0.15, 0.2) is 0 Å². The molecule has 0 aliphatic heterocycles. The third-order valence-corrected chi connectivity index (χ3v) is 2.73. The Balaban J connectivity index is 2.47. The van der Waals surface area contributed by atoms with Gasteiger partial charge in [-0.3, -0.25) is 4.79 Å². The summed E-state index contributed by atoms with van der Waals surface area (Å²) < 4.78 is 13.2. The Morgan fingerprint density at radius 1 is 1.56 bits per heavy atom. The lowest BCUT2D eigenvalue weighted by Gasteiger charge is -2.06. The molecular formula is C13H11ClFNOS. The highest BCUT2D eigenvalue weighted by molar-refractivity contribution is 7.80. The minimum atomic E-state index is -0.478. The van der Waals surface area contributed by atoms with Crippen LogP contribution in [0.2, 0.25) is 5.02 Å². The van der Waals surface area contributed by atoms with Crippen LogP contribution in [-0.2, 0) is 11.2 Å². The van der Waals surface area contributed by atoms with Gasteiger partial charge >= 0.3 is 0 Å². The second-order valence-electron chi connectivity index (χ2n) is 3.62. The van der Waals surface area contributed by atoms with Gasteiger partial charge in [-0.15, -0.1) is 6.42 Å². The zero-order valence-corrected chi connectivity index (χ0v) is 11.1. The van der Waals surface area contributed by atoms with Crippen molar-refractivity contribution in [3.63, 3.8) is 0 Å². The SMILES string of the molecule is C#CCC(=O)NCC(=S)Cc1ccc(Cl)c(F)c1. The van der Waals surface area contributed by atoms with Crippen LogP contribution in [0.5, 0.6) is 0 Å². The van der Waals surface area contributed by atoms with Gasteiger partial charge in [-0.05, 0) is 17.7 Å². The minimum absolute atomic E-state index is 0.0260. The van der Waals surface area contributed by atoms with Gasteiger partial charge in [0.2, 0.25) is 5.91 Å². The maximum atomic E-state index is 13.2. The normalized spacial score (nSPS) is 9.61. The predicted octanol–water partition coefficient (Wildman–Crippen LogP) is 2.53. The monoisotopic (exact) mass is 283 g/mol. The summed E-state index contributed by atoms with van der Waals surface area (Å²) in [5.74, 6) is 1.51. The van der Waals surface area contributed by atoms with Crippen molar-refractivity contribution in [1.82, 2.24) is 5.32 Å². The Labute approximate surface area is 116 Å². The number of hydrogen-bond acceptors (Lipinski definition) is 2. The van der Waals surface area contributed by atoms with E-state index in [-0.39, 0.29) is 23.9 Å². The highest BCUT2D eigenvalue weighted by Gasteiger charge is 2.05. The molecular weight excluding hydrogens is 273 g/mol. The molecule has 0 aliphatic rings. The van der Waals surface area contributed by atoms with Gasteiger partial charge in [0, 0.05) is 17.8 Å². The number of carbonyl (C=O) groups excluding carboxylic acids is 1. The molecule has 0 spiro atoms. The molecule has 0 heterocycles. The first-order valence-electron chi connectivity index (χ1n) is 5.18. The van der Waals surface area contributed by atoms with E-state index in [4.69, 9.17) is 30.2 Å². The lowest BCUT2D eigenvalue weighted by Crippen LogP contribution is -2.28. The Morgan fingerprint density at radius 3 is 2.89 bits per heavy atom. The molecule has 0 aliphatic carbocycles. The fraction of sp³-hybridized carbons (Fsp3) is 0.231. The number of benzene rings is 1. The van der Waals surface area contributed by atoms with E-state index in [1.54, 1.807) is 6.07 Å². The van der Waals surface area contributed by atoms with E-state index >= 15 is 0 Å². The third kappa shape index (κ3) is 4.82. The largest absolute Gasteiger partial charge is 0.351 e. The molecule has 1 amide bonds. The average molecular weight is 284 g/mol. The fourth-order valence-corrected chi connectivity index (χ4v) is 1.65. The van der Waals surface area contributed by atoms with Crippen molar-refractivity contribution >= 4 is 34.6 Å². The molecule has 0 bridgehead atoms. The summed E-state index contributed by atoms with van der Waals surface area (Å²) in [4.78, 5) is 11.7. The molecule has 1 N–H and O–H groups in total. The van der Waals surface area contributed by atoms with E-state index in [1.165, 1.54) is 12.1 Å². The van der Waals surface area contributed by atoms with Crippen LogP contribution in [0.4, 0.5) is 4.39 Å². The molecule has 0 radical (unpaired) electrons. The van der Waals surface area contributed by atoms with Crippen molar-refractivity contribution in [2.24, 2.45) is 0 Å². The molecule has 2 nitrogen and oxygen atoms in total. The van der Waals surface area contributed by atoms with Crippen LogP contribution in [0, 0.1) is 18.2 Å². The van der Waals surface area contributed by atoms with Gasteiger partial charge in [-0.1, -0.05) is 35.8 Å². The molecule has 0 fully saturated rings. The maximum absolute atomic E-state index is 13.2. The Hall–Kier alpha value is -1.44. The second kappa shape index (κ2) is 7.10. The highest BCUT2D eigenvalue weighted by Crippen LogP contribution is 2.16. The number of terminal acetylenes is 1. The summed E-state index contributed by atoms with van der Waals surface area (Å²) in [6.45, 7) is 0.250. The standard InChI is InChI=1S/C13H11ClFNOS/c1-2-3-13(17)16-8-10(18)6-9-4-5-11(14)12(15)7-9/h1,4-5,7H,3,6,8H2,(H,16,17). The van der Waals surface area contributed by atoms with Crippen LogP contribution in [0.25, 0.3) is 0 Å². The quantitative estimate of drug-likeness (QED) is 0.665. The lowest BCUT2D eigenvalue weighted by atomic mass is 10.1. The lowest BCUT2D eigenvalue weighted by molar-refractivity contribution is -0.119. The number of nitrogens with one attached hydrogen (secondary N) is 1. The number of thiocarbonyl (C=S) groups is 1. The molecule has 0 atom stereocenters. The molecule has 0 saturated heterocycles. The summed E-state index contributed by atoms with van der Waals surface area (Å²) in [6, 6.07) is 4.50. The second-order valence-corrected chi connectivity index (χ2v) is 4.61. The van der Waals surface area contributed by atoms with Crippen LogP contribution in [-0.4, -0.2) is 17.3 Å². The smallest absolute Gasteiger partial charge is 0.232 e. The van der Waals surface area contributed by atoms with E-state index < -0.39 is 5.82 Å². The van der Waals surface area contributed by atoms with Crippen LogP contribution >= 0.6 is 23.8 Å². The van der Waals surface area contributed by atoms with E-state index in [2.05, 4.69) is 11.2 Å². The molecule has 5 heteroatoms. The van der Waals surface area contributed by atoms with Gasteiger partial charge in [0.25, 0.3) is 0 Å². The van der Waals surface area contributed by atoms with Gasteiger partial charge in [-0.2, -0.15) is 0 Å². The van der Waals surface area contributed by atoms with E-state index in [0.29, 0.717) is 16.8 Å². The molecule has 18 heavy (non-hydrogen) atoms. The first kappa shape index (κ1) is 14.6. The zero-order chi connectivity index (χ0) is 13.5. The van der Waals surface area contributed by atoms with E-state index in [1.807, 2.05) is 0 Å². The molecule has 0 unspecified atom stereocenters. The number of hydrogen-bond donors (Lipinski definition) is 1. The van der Waals surface area contributed by atoms with Crippen molar-refractivity contribution in [3.05, 3.63) is 34.6 Å². The predicted molar refractivity (Wildman–Crippen MR) is 74.2 cm³/mol. The summed E-state index contributed by atoms with van der Waals surface area (Å²) in [6.07, 6.45) is 5.42. The first-order valence-corrected chi connectivity index (χ1v) is 5.97. The maximum Gasteiger partial charge on any atom is 0.232 e. The van der Waals surface area contributed by atoms with Crippen LogP contribution in [0.15, 0.2) is 18.2 Å². The summed E-state index contributed by atoms with van der Waals surface area (Å²) >= 11 is 10.7. The van der Waals surface area contributed by atoms with Gasteiger partial charge in [0.1, 0.15) is 5.82 Å². The molecule has 1 aromatic carbocycles. The zero-order valence-electron chi connectivity index (χ0n) is 9.50. The van der Waals surface area contributed by atoms with E-state index in [9.17, 15) is 9.18 Å². The highest BCUT2D eigenvalue weighted by atomic mass is 35.5. The summed E-state index contributed by atoms with van der Waals surface area (Å²) in [5.41, 5.74) is 0.716. The average Bonchev–Trinajstić information content (AvgIpc) is 2.32. The van der Waals surface area contributed by atoms with Crippen molar-refractivity contribution in [2.45, 2.75) is 12.8 Å². The fourth-order valence-electron chi connectivity index (χ4n) is 1.29. The summed E-state index contributed by atoms with van der Waals surface area (Å²) in [5, 5.41) is 2.66. The molecule has 1 aromatic rings. The Kier molecular flexibility index (Phi) is 5.76. The molecule has 1 rings (SSSR count). The summed E-state index contributed by atoms with van der Waals surface area (Å²) in [7, 11) is 0.